The van der Waals surface area contributed by atoms with Gasteiger partial charge in [-0.3, -0.25) is 4.68 Å². The van der Waals surface area contributed by atoms with Crippen molar-refractivity contribution in [2.45, 2.75) is 47.0 Å². The second-order valence-electron chi connectivity index (χ2n) is 10.3. The number of ether oxygens (including phenoxy) is 1. The highest BCUT2D eigenvalue weighted by Gasteiger charge is 2.40. The summed E-state index contributed by atoms with van der Waals surface area (Å²) in [6.45, 7) is 13.6. The number of aryl methyl sites for hydroxylation is 2. The van der Waals surface area contributed by atoms with Gasteiger partial charge in [0.25, 0.3) is 0 Å². The van der Waals surface area contributed by atoms with E-state index in [4.69, 9.17) is 4.74 Å². The predicted octanol–water partition coefficient (Wildman–Crippen LogP) is 3.96. The number of nitrogens with zero attached hydrogens (tertiary/aromatic N) is 5. The fourth-order valence-corrected chi connectivity index (χ4v) is 4.98. The number of likely N-dealkylation sites (tertiary alicyclic amines) is 1. The highest BCUT2D eigenvalue weighted by Crippen LogP contribution is 2.42. The zero-order chi connectivity index (χ0) is 20.6. The Hall–Kier alpha value is -1.95. The number of hydrogen-bond acceptors (Lipinski definition) is 5. The van der Waals surface area contributed by atoms with Gasteiger partial charge in [0, 0.05) is 26.2 Å². The van der Waals surface area contributed by atoms with Crippen LogP contribution >= 0.6 is 0 Å². The standard InChI is InChI=1S/C23H35N5O/c1-16-12-24-27(5)22(16)20-6-7-21(26-25-20)29-15-17-10-18-13-28(14-19(18)11-17)9-8-23(2,3)4/h6-7,12,17-19H,8-11,13-15H2,1-5H3/t17?,18-,19?/m0/s1. The molecule has 0 N–H and O–H groups in total. The molecule has 0 amide bonds. The molecule has 2 aromatic rings. The summed E-state index contributed by atoms with van der Waals surface area (Å²) in [7, 11) is 1.93. The van der Waals surface area contributed by atoms with Crippen molar-refractivity contribution in [2.75, 3.05) is 26.2 Å². The van der Waals surface area contributed by atoms with Gasteiger partial charge < -0.3 is 9.64 Å². The van der Waals surface area contributed by atoms with Gasteiger partial charge >= 0.3 is 0 Å². The quantitative estimate of drug-likeness (QED) is 0.738. The van der Waals surface area contributed by atoms with Crippen molar-refractivity contribution >= 4 is 0 Å². The van der Waals surface area contributed by atoms with Crippen molar-refractivity contribution in [3.63, 3.8) is 0 Å². The summed E-state index contributed by atoms with van der Waals surface area (Å²) < 4.78 is 7.83. The normalized spacial score (nSPS) is 24.8. The number of rotatable bonds is 6. The molecule has 29 heavy (non-hydrogen) atoms. The SMILES string of the molecule is Cc1cnn(C)c1-c1ccc(OCC2CC3CN(CCC(C)(C)C)C[C@@H]3C2)nn1. The molecule has 3 atom stereocenters. The first-order chi connectivity index (χ1) is 13.8. The summed E-state index contributed by atoms with van der Waals surface area (Å²) in [5.74, 6) is 2.97. The Kier molecular flexibility index (Phi) is 5.65. The van der Waals surface area contributed by atoms with Gasteiger partial charge in [-0.05, 0) is 67.5 Å². The lowest BCUT2D eigenvalue weighted by Crippen LogP contribution is -2.27. The molecule has 3 heterocycles. The molecule has 0 radical (unpaired) electrons. The Bertz CT molecular complexity index is 789. The number of hydrogen-bond donors (Lipinski definition) is 0. The largest absolute Gasteiger partial charge is 0.476 e. The van der Waals surface area contributed by atoms with Crippen molar-refractivity contribution in [1.29, 1.82) is 0 Å². The minimum atomic E-state index is 0.431. The van der Waals surface area contributed by atoms with Crippen LogP contribution in [-0.2, 0) is 7.05 Å². The molecule has 2 unspecified atom stereocenters. The lowest BCUT2D eigenvalue weighted by molar-refractivity contribution is 0.212. The molecule has 2 fully saturated rings. The van der Waals surface area contributed by atoms with Gasteiger partial charge in [0.1, 0.15) is 5.69 Å². The van der Waals surface area contributed by atoms with Crippen LogP contribution in [-0.4, -0.2) is 51.1 Å². The number of fused-ring (bicyclic) bond motifs is 1. The lowest BCUT2D eigenvalue weighted by atomic mass is 9.92. The molecule has 1 aliphatic heterocycles. The molecule has 1 aliphatic carbocycles. The van der Waals surface area contributed by atoms with E-state index in [1.165, 1.54) is 38.9 Å². The molecule has 2 aliphatic rings. The van der Waals surface area contributed by atoms with Gasteiger partial charge in [-0.2, -0.15) is 5.10 Å². The minimum absolute atomic E-state index is 0.431. The fraction of sp³-hybridized carbons (Fsp3) is 0.696. The van der Waals surface area contributed by atoms with Gasteiger partial charge in [0.05, 0.1) is 18.5 Å². The van der Waals surface area contributed by atoms with Gasteiger partial charge in [0.2, 0.25) is 5.88 Å². The maximum Gasteiger partial charge on any atom is 0.233 e. The van der Waals surface area contributed by atoms with Crippen LogP contribution in [0.15, 0.2) is 18.3 Å². The van der Waals surface area contributed by atoms with Crippen molar-refractivity contribution < 1.29 is 4.74 Å². The zero-order valence-electron chi connectivity index (χ0n) is 18.6. The molecule has 1 saturated heterocycles. The Morgan fingerprint density at radius 2 is 1.83 bits per heavy atom. The highest BCUT2D eigenvalue weighted by molar-refractivity contribution is 5.58. The van der Waals surface area contributed by atoms with Crippen molar-refractivity contribution in [3.8, 4) is 17.3 Å². The lowest BCUT2D eigenvalue weighted by Gasteiger charge is -2.24. The van der Waals surface area contributed by atoms with Crippen LogP contribution in [0.5, 0.6) is 5.88 Å². The molecule has 0 spiro atoms. The molecule has 1 saturated carbocycles. The van der Waals surface area contributed by atoms with Crippen LogP contribution in [0.4, 0.5) is 0 Å². The first-order valence-corrected chi connectivity index (χ1v) is 11.0. The van der Waals surface area contributed by atoms with E-state index in [0.717, 1.165) is 35.4 Å². The third-order valence-corrected chi connectivity index (χ3v) is 6.57. The van der Waals surface area contributed by atoms with E-state index in [-0.39, 0.29) is 0 Å². The van der Waals surface area contributed by atoms with Gasteiger partial charge in [-0.25, -0.2) is 0 Å². The van der Waals surface area contributed by atoms with E-state index in [0.29, 0.717) is 17.2 Å². The van der Waals surface area contributed by atoms with Gasteiger partial charge in [-0.1, -0.05) is 20.8 Å². The van der Waals surface area contributed by atoms with E-state index in [2.05, 4.69) is 41.0 Å². The first kappa shape index (κ1) is 20.3. The Morgan fingerprint density at radius 3 is 2.38 bits per heavy atom. The maximum atomic E-state index is 6.00. The molecular weight excluding hydrogens is 362 g/mol. The predicted molar refractivity (Wildman–Crippen MR) is 115 cm³/mol. The third kappa shape index (κ3) is 4.80. The highest BCUT2D eigenvalue weighted by atomic mass is 16.5. The summed E-state index contributed by atoms with van der Waals surface area (Å²) in [5, 5.41) is 12.9. The van der Waals surface area contributed by atoms with Crippen molar-refractivity contribution in [2.24, 2.45) is 30.2 Å². The van der Waals surface area contributed by atoms with Crippen LogP contribution in [0.3, 0.4) is 0 Å². The molecule has 0 aromatic carbocycles. The molecule has 6 nitrogen and oxygen atoms in total. The van der Waals surface area contributed by atoms with E-state index in [9.17, 15) is 0 Å². The van der Waals surface area contributed by atoms with E-state index in [1.54, 1.807) is 0 Å². The summed E-state index contributed by atoms with van der Waals surface area (Å²) in [6.07, 6.45) is 5.71. The average molecular weight is 398 g/mol. The molecule has 158 valence electrons. The van der Waals surface area contributed by atoms with Crippen LogP contribution < -0.4 is 4.74 Å². The maximum absolute atomic E-state index is 6.00. The Labute approximate surface area is 174 Å². The van der Waals surface area contributed by atoms with Crippen LogP contribution in [0.25, 0.3) is 11.4 Å². The summed E-state index contributed by atoms with van der Waals surface area (Å²) in [4.78, 5) is 2.68. The molecule has 4 rings (SSSR count). The van der Waals surface area contributed by atoms with E-state index < -0.39 is 0 Å². The van der Waals surface area contributed by atoms with Crippen LogP contribution in [0.2, 0.25) is 0 Å². The van der Waals surface area contributed by atoms with Crippen molar-refractivity contribution in [3.05, 3.63) is 23.9 Å². The summed E-state index contributed by atoms with van der Waals surface area (Å²) in [6, 6.07) is 3.90. The minimum Gasteiger partial charge on any atom is -0.476 e. The molecule has 2 aromatic heterocycles. The molecular formula is C23H35N5O. The Balaban J connectivity index is 1.24. The van der Waals surface area contributed by atoms with E-state index >= 15 is 0 Å². The monoisotopic (exact) mass is 397 g/mol. The third-order valence-electron chi connectivity index (χ3n) is 6.57. The summed E-state index contributed by atoms with van der Waals surface area (Å²) in [5.41, 5.74) is 3.37. The molecule has 0 bridgehead atoms. The zero-order valence-corrected chi connectivity index (χ0v) is 18.6. The van der Waals surface area contributed by atoms with E-state index in [1.807, 2.05) is 37.0 Å². The fourth-order valence-electron chi connectivity index (χ4n) is 4.98. The topological polar surface area (TPSA) is 56.1 Å². The second-order valence-corrected chi connectivity index (χ2v) is 10.3. The number of aromatic nitrogens is 4. The Morgan fingerprint density at radius 1 is 1.10 bits per heavy atom. The van der Waals surface area contributed by atoms with Gasteiger partial charge in [-0.15, -0.1) is 10.2 Å². The average Bonchev–Trinajstić information content (AvgIpc) is 3.31. The smallest absolute Gasteiger partial charge is 0.233 e. The summed E-state index contributed by atoms with van der Waals surface area (Å²) >= 11 is 0. The first-order valence-electron chi connectivity index (χ1n) is 11.0. The van der Waals surface area contributed by atoms with Crippen LogP contribution in [0.1, 0.15) is 45.6 Å². The van der Waals surface area contributed by atoms with Crippen LogP contribution in [0, 0.1) is 30.1 Å². The van der Waals surface area contributed by atoms with Gasteiger partial charge in [0.15, 0.2) is 0 Å². The molecule has 6 heteroatoms. The van der Waals surface area contributed by atoms with Crippen molar-refractivity contribution in [1.82, 2.24) is 24.9 Å². The second kappa shape index (κ2) is 8.05.